The van der Waals surface area contributed by atoms with E-state index in [1.54, 1.807) is 0 Å². The van der Waals surface area contributed by atoms with Gasteiger partial charge in [-0.1, -0.05) is 6.08 Å². The predicted octanol–water partition coefficient (Wildman–Crippen LogP) is 1.34. The van der Waals surface area contributed by atoms with E-state index in [0.717, 1.165) is 38.9 Å². The largest absolute Gasteiger partial charge is 0.391 e. The quantitative estimate of drug-likeness (QED) is 0.566. The van der Waals surface area contributed by atoms with E-state index in [0.29, 0.717) is 0 Å². The Morgan fingerprint density at radius 3 is 2.88 bits per heavy atom. The van der Waals surface area contributed by atoms with Crippen molar-refractivity contribution >= 4 is 0 Å². The van der Waals surface area contributed by atoms with E-state index in [1.165, 1.54) is 6.42 Å². The minimum absolute atomic E-state index is 0.203. The lowest BCUT2D eigenvalue weighted by atomic mass is 10.0. The SMILES string of the molecule is C=CCCCC(O)C1CN(C)CCCN1C. The molecular formula is C13H26N2O. The Labute approximate surface area is 99.7 Å². The maximum atomic E-state index is 10.2. The van der Waals surface area contributed by atoms with Gasteiger partial charge in [0.25, 0.3) is 0 Å². The summed E-state index contributed by atoms with van der Waals surface area (Å²) in [6, 6.07) is 0.289. The van der Waals surface area contributed by atoms with Gasteiger partial charge in [0.1, 0.15) is 0 Å². The van der Waals surface area contributed by atoms with Gasteiger partial charge in [-0.25, -0.2) is 0 Å². The number of hydrogen-bond acceptors (Lipinski definition) is 3. The average molecular weight is 226 g/mol. The third kappa shape index (κ3) is 4.24. The molecule has 1 heterocycles. The van der Waals surface area contributed by atoms with Crippen molar-refractivity contribution in [1.29, 1.82) is 0 Å². The molecule has 0 radical (unpaired) electrons. The first-order valence-corrected chi connectivity index (χ1v) is 6.33. The molecule has 2 atom stereocenters. The first kappa shape index (κ1) is 13.7. The summed E-state index contributed by atoms with van der Waals surface area (Å²) in [4.78, 5) is 4.63. The topological polar surface area (TPSA) is 26.7 Å². The van der Waals surface area contributed by atoms with E-state index in [-0.39, 0.29) is 12.1 Å². The Kier molecular flexibility index (Phi) is 6.03. The second-order valence-electron chi connectivity index (χ2n) is 4.95. The average Bonchev–Trinajstić information content (AvgIpc) is 2.41. The number of rotatable bonds is 5. The third-order valence-electron chi connectivity index (χ3n) is 3.47. The van der Waals surface area contributed by atoms with Gasteiger partial charge in [0.05, 0.1) is 6.10 Å². The fourth-order valence-corrected chi connectivity index (χ4v) is 2.38. The molecule has 16 heavy (non-hydrogen) atoms. The molecule has 0 bridgehead atoms. The van der Waals surface area contributed by atoms with Gasteiger partial charge < -0.3 is 10.0 Å². The van der Waals surface area contributed by atoms with E-state index in [4.69, 9.17) is 0 Å². The molecule has 0 spiro atoms. The van der Waals surface area contributed by atoms with Crippen LogP contribution < -0.4 is 0 Å². The van der Waals surface area contributed by atoms with E-state index in [2.05, 4.69) is 30.5 Å². The van der Waals surface area contributed by atoms with Crippen LogP contribution in [-0.4, -0.2) is 60.8 Å². The first-order chi connectivity index (χ1) is 7.65. The van der Waals surface area contributed by atoms with Crippen LogP contribution >= 0.6 is 0 Å². The molecule has 1 fully saturated rings. The first-order valence-electron chi connectivity index (χ1n) is 6.33. The number of hydrogen-bond donors (Lipinski definition) is 1. The third-order valence-corrected chi connectivity index (χ3v) is 3.47. The normalized spacial score (nSPS) is 26.3. The molecule has 0 aromatic rings. The Morgan fingerprint density at radius 2 is 2.19 bits per heavy atom. The molecular weight excluding hydrogens is 200 g/mol. The molecule has 0 aromatic heterocycles. The second-order valence-corrected chi connectivity index (χ2v) is 4.95. The lowest BCUT2D eigenvalue weighted by Crippen LogP contribution is -2.46. The molecule has 0 aromatic carbocycles. The summed E-state index contributed by atoms with van der Waals surface area (Å²) >= 11 is 0. The Balaban J connectivity index is 2.43. The van der Waals surface area contributed by atoms with Crippen molar-refractivity contribution in [3.05, 3.63) is 12.7 Å². The predicted molar refractivity (Wildman–Crippen MR) is 68.6 cm³/mol. The zero-order valence-corrected chi connectivity index (χ0v) is 10.7. The number of aliphatic hydroxyl groups is 1. The van der Waals surface area contributed by atoms with Gasteiger partial charge in [0, 0.05) is 12.6 Å². The van der Waals surface area contributed by atoms with Crippen molar-refractivity contribution in [2.75, 3.05) is 33.7 Å². The molecule has 1 aliphatic heterocycles. The highest BCUT2D eigenvalue weighted by molar-refractivity contribution is 4.83. The van der Waals surface area contributed by atoms with E-state index in [1.807, 2.05) is 6.08 Å². The van der Waals surface area contributed by atoms with E-state index < -0.39 is 0 Å². The molecule has 0 saturated carbocycles. The fraction of sp³-hybridized carbons (Fsp3) is 0.846. The van der Waals surface area contributed by atoms with Crippen LogP contribution in [-0.2, 0) is 0 Å². The smallest absolute Gasteiger partial charge is 0.0707 e. The van der Waals surface area contributed by atoms with Crippen LogP contribution in [0.2, 0.25) is 0 Å². The zero-order valence-electron chi connectivity index (χ0n) is 10.7. The van der Waals surface area contributed by atoms with Crippen molar-refractivity contribution in [3.63, 3.8) is 0 Å². The van der Waals surface area contributed by atoms with Gasteiger partial charge in [-0.2, -0.15) is 0 Å². The molecule has 1 saturated heterocycles. The molecule has 0 amide bonds. The number of likely N-dealkylation sites (N-methyl/N-ethyl adjacent to an activating group) is 2. The highest BCUT2D eigenvalue weighted by atomic mass is 16.3. The lowest BCUT2D eigenvalue weighted by Gasteiger charge is -2.31. The van der Waals surface area contributed by atoms with Crippen molar-refractivity contribution in [1.82, 2.24) is 9.80 Å². The van der Waals surface area contributed by atoms with Crippen LogP contribution in [0.25, 0.3) is 0 Å². The van der Waals surface area contributed by atoms with Crippen molar-refractivity contribution in [2.45, 2.75) is 37.8 Å². The number of nitrogens with zero attached hydrogens (tertiary/aromatic N) is 2. The van der Waals surface area contributed by atoms with Crippen molar-refractivity contribution < 1.29 is 5.11 Å². The Bertz CT molecular complexity index is 208. The van der Waals surface area contributed by atoms with Crippen LogP contribution in [0, 0.1) is 0 Å². The molecule has 1 rings (SSSR count). The highest BCUT2D eigenvalue weighted by Gasteiger charge is 2.26. The van der Waals surface area contributed by atoms with Crippen LogP contribution in [0.4, 0.5) is 0 Å². The van der Waals surface area contributed by atoms with Crippen molar-refractivity contribution in [3.8, 4) is 0 Å². The highest BCUT2D eigenvalue weighted by Crippen LogP contribution is 2.14. The molecule has 3 nitrogen and oxygen atoms in total. The van der Waals surface area contributed by atoms with Gasteiger partial charge >= 0.3 is 0 Å². The zero-order chi connectivity index (χ0) is 12.0. The van der Waals surface area contributed by atoms with Gasteiger partial charge in [-0.3, -0.25) is 4.90 Å². The van der Waals surface area contributed by atoms with Crippen LogP contribution in [0.1, 0.15) is 25.7 Å². The number of aliphatic hydroxyl groups excluding tert-OH is 1. The summed E-state index contributed by atoms with van der Waals surface area (Å²) in [6.07, 6.45) is 5.85. The fourth-order valence-electron chi connectivity index (χ4n) is 2.38. The monoisotopic (exact) mass is 226 g/mol. The molecule has 94 valence electrons. The molecule has 3 heteroatoms. The molecule has 0 aliphatic carbocycles. The van der Waals surface area contributed by atoms with Gasteiger partial charge in [0.15, 0.2) is 0 Å². The lowest BCUT2D eigenvalue weighted by molar-refractivity contribution is 0.0508. The molecule has 1 aliphatic rings. The number of allylic oxidation sites excluding steroid dienone is 1. The summed E-state index contributed by atoms with van der Waals surface area (Å²) in [7, 11) is 4.27. The standard InChI is InChI=1S/C13H26N2O/c1-4-5-6-8-13(16)12-11-14(2)9-7-10-15(12)3/h4,12-13,16H,1,5-11H2,2-3H3. The minimum atomic E-state index is -0.203. The summed E-state index contributed by atoms with van der Waals surface area (Å²) < 4.78 is 0. The Morgan fingerprint density at radius 1 is 1.44 bits per heavy atom. The van der Waals surface area contributed by atoms with Crippen molar-refractivity contribution in [2.24, 2.45) is 0 Å². The van der Waals surface area contributed by atoms with E-state index in [9.17, 15) is 5.11 Å². The molecule has 2 unspecified atom stereocenters. The second kappa shape index (κ2) is 7.05. The minimum Gasteiger partial charge on any atom is -0.391 e. The summed E-state index contributed by atoms with van der Waals surface area (Å²) in [6.45, 7) is 6.92. The molecule has 1 N–H and O–H groups in total. The Hall–Kier alpha value is -0.380. The summed E-state index contributed by atoms with van der Waals surface area (Å²) in [5, 5.41) is 10.2. The summed E-state index contributed by atoms with van der Waals surface area (Å²) in [5.41, 5.74) is 0. The van der Waals surface area contributed by atoms with E-state index >= 15 is 0 Å². The van der Waals surface area contributed by atoms with Gasteiger partial charge in [-0.05, 0) is 52.9 Å². The van der Waals surface area contributed by atoms with Gasteiger partial charge in [-0.15, -0.1) is 6.58 Å². The van der Waals surface area contributed by atoms with Crippen LogP contribution in [0.3, 0.4) is 0 Å². The number of unbranched alkanes of at least 4 members (excludes halogenated alkanes) is 1. The summed E-state index contributed by atoms with van der Waals surface area (Å²) in [5.74, 6) is 0. The maximum absolute atomic E-state index is 10.2. The van der Waals surface area contributed by atoms with Crippen LogP contribution in [0.5, 0.6) is 0 Å². The van der Waals surface area contributed by atoms with Gasteiger partial charge in [0.2, 0.25) is 0 Å². The van der Waals surface area contributed by atoms with Crippen LogP contribution in [0.15, 0.2) is 12.7 Å². The maximum Gasteiger partial charge on any atom is 0.0707 e.